The Hall–Kier alpha value is -1.78. The van der Waals surface area contributed by atoms with Gasteiger partial charge in [-0.25, -0.2) is 4.52 Å². The van der Waals surface area contributed by atoms with Crippen molar-refractivity contribution in [1.82, 2.24) is 14.6 Å². The van der Waals surface area contributed by atoms with Crippen molar-refractivity contribution >= 4 is 34.8 Å². The van der Waals surface area contributed by atoms with E-state index < -0.39 is 0 Å². The summed E-state index contributed by atoms with van der Waals surface area (Å²) in [5, 5.41) is 5.12. The summed E-state index contributed by atoms with van der Waals surface area (Å²) in [4.78, 5) is 4.06. The van der Waals surface area contributed by atoms with Gasteiger partial charge in [0.25, 0.3) is 0 Å². The molecule has 6 heteroatoms. The van der Waals surface area contributed by atoms with Gasteiger partial charge in [0.1, 0.15) is 0 Å². The van der Waals surface area contributed by atoms with Crippen LogP contribution in [0.5, 0.6) is 0 Å². The van der Waals surface area contributed by atoms with Crippen LogP contribution >= 0.6 is 23.2 Å². The van der Waals surface area contributed by atoms with E-state index in [0.717, 1.165) is 11.1 Å². The zero-order valence-electron chi connectivity index (χ0n) is 9.14. The molecule has 0 radical (unpaired) electrons. The number of rotatable bonds is 1. The van der Waals surface area contributed by atoms with Gasteiger partial charge < -0.3 is 5.73 Å². The normalized spacial score (nSPS) is 11.0. The highest BCUT2D eigenvalue weighted by molar-refractivity contribution is 6.42. The fraction of sp³-hybridized carbons (Fsp3) is 0. The molecule has 3 rings (SSSR count). The molecule has 0 bridgehead atoms. The second kappa shape index (κ2) is 4.15. The van der Waals surface area contributed by atoms with E-state index in [9.17, 15) is 0 Å². The molecule has 0 saturated carbocycles. The zero-order chi connectivity index (χ0) is 12.7. The van der Waals surface area contributed by atoms with Gasteiger partial charge in [0.15, 0.2) is 5.65 Å². The fourth-order valence-corrected chi connectivity index (χ4v) is 2.04. The lowest BCUT2D eigenvalue weighted by atomic mass is 10.1. The molecule has 0 unspecified atom stereocenters. The van der Waals surface area contributed by atoms with Crippen LogP contribution in [0.15, 0.2) is 36.5 Å². The highest BCUT2D eigenvalue weighted by Gasteiger charge is 2.05. The van der Waals surface area contributed by atoms with E-state index in [0.29, 0.717) is 15.7 Å². The van der Waals surface area contributed by atoms with Crippen LogP contribution in [-0.4, -0.2) is 14.6 Å². The first-order valence-electron chi connectivity index (χ1n) is 5.21. The predicted molar refractivity (Wildman–Crippen MR) is 72.9 cm³/mol. The van der Waals surface area contributed by atoms with Crippen LogP contribution in [0, 0.1) is 0 Å². The summed E-state index contributed by atoms with van der Waals surface area (Å²) in [5.41, 5.74) is 8.17. The molecule has 2 N–H and O–H groups in total. The molecule has 0 atom stereocenters. The van der Waals surface area contributed by atoms with E-state index in [1.54, 1.807) is 10.6 Å². The van der Waals surface area contributed by atoms with Crippen molar-refractivity contribution in [2.24, 2.45) is 0 Å². The van der Waals surface area contributed by atoms with Crippen LogP contribution in [0.2, 0.25) is 10.0 Å². The largest absolute Gasteiger partial charge is 0.366 e. The number of benzene rings is 1. The highest BCUT2D eigenvalue weighted by atomic mass is 35.5. The molecule has 0 aliphatic heterocycles. The lowest BCUT2D eigenvalue weighted by Crippen LogP contribution is -1.90. The minimum Gasteiger partial charge on any atom is -0.366 e. The molecular formula is C12H8Cl2N4. The van der Waals surface area contributed by atoms with Crippen molar-refractivity contribution in [3.63, 3.8) is 0 Å². The van der Waals surface area contributed by atoms with Gasteiger partial charge in [-0.3, -0.25) is 0 Å². The number of hydrogen-bond donors (Lipinski definition) is 1. The summed E-state index contributed by atoms with van der Waals surface area (Å²) in [5.74, 6) is 0.251. The molecule has 2 aromatic heterocycles. The summed E-state index contributed by atoms with van der Waals surface area (Å²) in [6.07, 6.45) is 1.85. The molecule has 0 fully saturated rings. The van der Waals surface area contributed by atoms with E-state index in [4.69, 9.17) is 28.9 Å². The number of nitrogens with zero attached hydrogens (tertiary/aromatic N) is 3. The van der Waals surface area contributed by atoms with Crippen molar-refractivity contribution in [3.8, 4) is 11.1 Å². The molecule has 0 aliphatic carbocycles. The van der Waals surface area contributed by atoms with Gasteiger partial charge in [-0.05, 0) is 29.8 Å². The Morgan fingerprint density at radius 3 is 2.56 bits per heavy atom. The standard InChI is InChI=1S/C12H8Cl2N4/c13-9-3-1-7(5-10(9)14)8-2-4-11-16-12(15)17-18(11)6-8/h1-6H,(H2,15,17). The molecule has 3 aromatic rings. The Labute approximate surface area is 113 Å². The number of fused-ring (bicyclic) bond motifs is 1. The summed E-state index contributed by atoms with van der Waals surface area (Å²) in [6, 6.07) is 9.25. The SMILES string of the molecule is Nc1nc2ccc(-c3ccc(Cl)c(Cl)c3)cn2n1. The minimum atomic E-state index is 0.251. The quantitative estimate of drug-likeness (QED) is 0.743. The predicted octanol–water partition coefficient (Wildman–Crippen LogP) is 3.29. The molecule has 0 aliphatic rings. The second-order valence-electron chi connectivity index (χ2n) is 3.82. The number of aromatic nitrogens is 3. The first-order chi connectivity index (χ1) is 8.63. The lowest BCUT2D eigenvalue weighted by molar-refractivity contribution is 0.969. The third kappa shape index (κ3) is 1.89. The number of anilines is 1. The monoisotopic (exact) mass is 278 g/mol. The summed E-state index contributed by atoms with van der Waals surface area (Å²) < 4.78 is 1.63. The zero-order valence-corrected chi connectivity index (χ0v) is 10.7. The maximum atomic E-state index is 6.00. The van der Waals surface area contributed by atoms with E-state index in [2.05, 4.69) is 10.1 Å². The number of pyridine rings is 1. The van der Waals surface area contributed by atoms with Gasteiger partial charge in [-0.1, -0.05) is 29.3 Å². The molecule has 90 valence electrons. The number of hydrogen-bond acceptors (Lipinski definition) is 3. The molecule has 0 spiro atoms. The van der Waals surface area contributed by atoms with E-state index in [1.807, 2.05) is 30.5 Å². The lowest BCUT2D eigenvalue weighted by Gasteiger charge is -2.03. The van der Waals surface area contributed by atoms with E-state index in [-0.39, 0.29) is 5.95 Å². The van der Waals surface area contributed by atoms with Gasteiger partial charge in [0.05, 0.1) is 10.0 Å². The fourth-order valence-electron chi connectivity index (χ4n) is 1.75. The Balaban J connectivity index is 2.15. The van der Waals surface area contributed by atoms with Crippen LogP contribution in [0.1, 0.15) is 0 Å². The van der Waals surface area contributed by atoms with Crippen LogP contribution in [-0.2, 0) is 0 Å². The second-order valence-corrected chi connectivity index (χ2v) is 4.63. The Bertz CT molecular complexity index is 736. The van der Waals surface area contributed by atoms with Crippen molar-refractivity contribution in [1.29, 1.82) is 0 Å². The molecule has 2 heterocycles. The van der Waals surface area contributed by atoms with Gasteiger partial charge in [0.2, 0.25) is 5.95 Å². The Morgan fingerprint density at radius 2 is 1.78 bits per heavy atom. The third-order valence-electron chi connectivity index (χ3n) is 2.60. The average molecular weight is 279 g/mol. The maximum absolute atomic E-state index is 6.00. The van der Waals surface area contributed by atoms with Crippen molar-refractivity contribution in [3.05, 3.63) is 46.6 Å². The van der Waals surface area contributed by atoms with Crippen LogP contribution < -0.4 is 5.73 Å². The average Bonchev–Trinajstić information content (AvgIpc) is 2.71. The summed E-state index contributed by atoms with van der Waals surface area (Å²) in [6.45, 7) is 0. The number of nitrogens with two attached hydrogens (primary N) is 1. The number of nitrogen functional groups attached to an aromatic ring is 1. The van der Waals surface area contributed by atoms with Crippen LogP contribution in [0.4, 0.5) is 5.95 Å². The van der Waals surface area contributed by atoms with Gasteiger partial charge in [-0.15, -0.1) is 5.10 Å². The summed E-state index contributed by atoms with van der Waals surface area (Å²) >= 11 is 11.9. The third-order valence-corrected chi connectivity index (χ3v) is 3.34. The van der Waals surface area contributed by atoms with Gasteiger partial charge in [-0.2, -0.15) is 4.98 Å². The van der Waals surface area contributed by atoms with Crippen LogP contribution in [0.3, 0.4) is 0 Å². The minimum absolute atomic E-state index is 0.251. The van der Waals surface area contributed by atoms with Crippen molar-refractivity contribution < 1.29 is 0 Å². The van der Waals surface area contributed by atoms with Gasteiger partial charge in [0, 0.05) is 11.8 Å². The molecule has 4 nitrogen and oxygen atoms in total. The Kier molecular flexibility index (Phi) is 2.61. The smallest absolute Gasteiger partial charge is 0.240 e. The molecule has 1 aromatic carbocycles. The first kappa shape index (κ1) is 11.3. The molecule has 0 saturated heterocycles. The number of halogens is 2. The van der Waals surface area contributed by atoms with Gasteiger partial charge >= 0.3 is 0 Å². The molecular weight excluding hydrogens is 271 g/mol. The molecule has 0 amide bonds. The maximum Gasteiger partial charge on any atom is 0.240 e. The van der Waals surface area contributed by atoms with Crippen molar-refractivity contribution in [2.75, 3.05) is 5.73 Å². The van der Waals surface area contributed by atoms with E-state index in [1.165, 1.54) is 0 Å². The van der Waals surface area contributed by atoms with Crippen LogP contribution in [0.25, 0.3) is 16.8 Å². The highest BCUT2D eigenvalue weighted by Crippen LogP contribution is 2.28. The Morgan fingerprint density at radius 1 is 1.00 bits per heavy atom. The first-order valence-corrected chi connectivity index (χ1v) is 5.96. The topological polar surface area (TPSA) is 56.2 Å². The van der Waals surface area contributed by atoms with E-state index >= 15 is 0 Å². The summed E-state index contributed by atoms with van der Waals surface area (Å²) in [7, 11) is 0. The molecule has 18 heavy (non-hydrogen) atoms. The van der Waals surface area contributed by atoms with Crippen molar-refractivity contribution in [2.45, 2.75) is 0 Å².